The van der Waals surface area contributed by atoms with Crippen LogP contribution in [0.1, 0.15) is 5.56 Å². The number of amides is 1. The van der Waals surface area contributed by atoms with E-state index in [1.54, 1.807) is 6.20 Å². The van der Waals surface area contributed by atoms with Crippen molar-refractivity contribution in [3.05, 3.63) is 48.3 Å². The molecule has 0 radical (unpaired) electrons. The lowest BCUT2D eigenvalue weighted by Gasteiger charge is -2.25. The molecule has 2 N–H and O–H groups in total. The molecule has 2 heterocycles. The molecule has 106 valence electrons. The monoisotopic (exact) mass is 292 g/mol. The highest BCUT2D eigenvalue weighted by Crippen LogP contribution is 2.08. The third-order valence-corrected chi connectivity index (χ3v) is 3.28. The Kier molecular flexibility index (Phi) is 4.76. The highest BCUT2D eigenvalue weighted by atomic mass is 35.5. The van der Waals surface area contributed by atoms with Crippen molar-refractivity contribution in [3.8, 4) is 5.69 Å². The van der Waals surface area contributed by atoms with E-state index in [1.807, 2.05) is 41.2 Å². The lowest BCUT2D eigenvalue weighted by Crippen LogP contribution is -2.50. The summed E-state index contributed by atoms with van der Waals surface area (Å²) in [6.07, 6.45) is 3.72. The molecule has 2 aromatic rings. The van der Waals surface area contributed by atoms with Gasteiger partial charge in [0, 0.05) is 31.4 Å². The van der Waals surface area contributed by atoms with Gasteiger partial charge in [-0.25, -0.2) is 4.68 Å². The molecule has 5 nitrogen and oxygen atoms in total. The van der Waals surface area contributed by atoms with E-state index in [9.17, 15) is 4.79 Å². The van der Waals surface area contributed by atoms with Crippen molar-refractivity contribution in [1.82, 2.24) is 20.4 Å². The quantitative estimate of drug-likeness (QED) is 0.888. The van der Waals surface area contributed by atoms with E-state index in [0.717, 1.165) is 24.3 Å². The van der Waals surface area contributed by atoms with Gasteiger partial charge in [0.15, 0.2) is 0 Å². The third-order valence-electron chi connectivity index (χ3n) is 3.28. The molecule has 1 fully saturated rings. The van der Waals surface area contributed by atoms with Gasteiger partial charge in [-0.2, -0.15) is 5.10 Å². The zero-order valence-corrected chi connectivity index (χ0v) is 11.8. The third kappa shape index (κ3) is 3.18. The summed E-state index contributed by atoms with van der Waals surface area (Å²) < 4.78 is 1.81. The number of hydrogen-bond donors (Lipinski definition) is 2. The Morgan fingerprint density at radius 2 is 2.10 bits per heavy atom. The number of nitrogens with zero attached hydrogens (tertiary/aromatic N) is 2. The number of carbonyl (C=O) groups excluding carboxylic acids is 1. The van der Waals surface area contributed by atoms with Crippen LogP contribution in [0, 0.1) is 5.92 Å². The number of halogens is 1. The highest BCUT2D eigenvalue weighted by molar-refractivity contribution is 5.85. The molecule has 0 unspecified atom stereocenters. The van der Waals surface area contributed by atoms with Crippen molar-refractivity contribution in [3.63, 3.8) is 0 Å². The van der Waals surface area contributed by atoms with Crippen molar-refractivity contribution in [2.45, 2.75) is 6.54 Å². The van der Waals surface area contributed by atoms with E-state index in [4.69, 9.17) is 0 Å². The molecule has 0 atom stereocenters. The van der Waals surface area contributed by atoms with Gasteiger partial charge in [0.1, 0.15) is 0 Å². The first-order chi connectivity index (χ1) is 9.33. The van der Waals surface area contributed by atoms with Crippen LogP contribution in [-0.4, -0.2) is 28.8 Å². The molecule has 6 heteroatoms. The van der Waals surface area contributed by atoms with Crippen molar-refractivity contribution in [1.29, 1.82) is 0 Å². The fourth-order valence-electron chi connectivity index (χ4n) is 1.98. The Balaban J connectivity index is 0.00000147. The van der Waals surface area contributed by atoms with Gasteiger partial charge in [-0.05, 0) is 12.1 Å². The summed E-state index contributed by atoms with van der Waals surface area (Å²) >= 11 is 0. The van der Waals surface area contributed by atoms with Crippen LogP contribution >= 0.6 is 12.4 Å². The minimum Gasteiger partial charge on any atom is -0.352 e. The maximum absolute atomic E-state index is 11.7. The molecule has 0 aliphatic carbocycles. The number of nitrogens with one attached hydrogen (secondary N) is 2. The van der Waals surface area contributed by atoms with Gasteiger partial charge >= 0.3 is 0 Å². The van der Waals surface area contributed by atoms with Crippen LogP contribution in [-0.2, 0) is 11.3 Å². The molecular formula is C14H17ClN4O. The smallest absolute Gasteiger partial charge is 0.225 e. The second-order valence-corrected chi connectivity index (χ2v) is 4.70. The summed E-state index contributed by atoms with van der Waals surface area (Å²) in [6, 6.07) is 9.91. The Bertz CT molecular complexity index is 566. The largest absolute Gasteiger partial charge is 0.352 e. The summed E-state index contributed by atoms with van der Waals surface area (Å²) in [5, 5.41) is 10.3. The van der Waals surface area contributed by atoms with E-state index in [0.29, 0.717) is 6.54 Å². The number of hydrogen-bond acceptors (Lipinski definition) is 3. The van der Waals surface area contributed by atoms with Crippen LogP contribution in [0.4, 0.5) is 0 Å². The van der Waals surface area contributed by atoms with Crippen LogP contribution in [0.3, 0.4) is 0 Å². The zero-order valence-electron chi connectivity index (χ0n) is 11.0. The number of carbonyl (C=O) groups is 1. The molecule has 0 bridgehead atoms. The van der Waals surface area contributed by atoms with Gasteiger partial charge in [0.2, 0.25) is 5.91 Å². The van der Waals surface area contributed by atoms with Gasteiger partial charge in [-0.3, -0.25) is 4.79 Å². The first kappa shape index (κ1) is 14.6. The molecule has 20 heavy (non-hydrogen) atoms. The van der Waals surface area contributed by atoms with Crippen LogP contribution < -0.4 is 10.6 Å². The highest BCUT2D eigenvalue weighted by Gasteiger charge is 2.24. The summed E-state index contributed by atoms with van der Waals surface area (Å²) in [7, 11) is 0. The van der Waals surface area contributed by atoms with Gasteiger partial charge < -0.3 is 10.6 Å². The SMILES string of the molecule is Cl.O=C(NCc1cnn(-c2ccccc2)c1)C1CNC1. The van der Waals surface area contributed by atoms with Gasteiger partial charge in [-0.15, -0.1) is 12.4 Å². The zero-order chi connectivity index (χ0) is 13.1. The Labute approximate surface area is 123 Å². The number of para-hydroxylation sites is 1. The van der Waals surface area contributed by atoms with Crippen molar-refractivity contribution in [2.75, 3.05) is 13.1 Å². The topological polar surface area (TPSA) is 59.0 Å². The molecule has 3 rings (SSSR count). The Morgan fingerprint density at radius 1 is 1.35 bits per heavy atom. The standard InChI is InChI=1S/C14H16N4O.ClH/c19-14(12-8-15-9-12)16-6-11-7-17-18(10-11)13-4-2-1-3-5-13;/h1-5,7,10,12,15H,6,8-9H2,(H,16,19);1H. The minimum atomic E-state index is 0. The van der Waals surface area contributed by atoms with Gasteiger partial charge in [0.25, 0.3) is 0 Å². The predicted octanol–water partition coefficient (Wildman–Crippen LogP) is 1.13. The van der Waals surface area contributed by atoms with Crippen molar-refractivity contribution >= 4 is 18.3 Å². The first-order valence-electron chi connectivity index (χ1n) is 6.40. The van der Waals surface area contributed by atoms with E-state index < -0.39 is 0 Å². The molecule has 1 saturated heterocycles. The molecular weight excluding hydrogens is 276 g/mol. The summed E-state index contributed by atoms with van der Waals surface area (Å²) in [4.78, 5) is 11.7. The summed E-state index contributed by atoms with van der Waals surface area (Å²) in [5.74, 6) is 0.246. The van der Waals surface area contributed by atoms with E-state index in [-0.39, 0.29) is 24.2 Å². The summed E-state index contributed by atoms with van der Waals surface area (Å²) in [5.41, 5.74) is 2.02. The predicted molar refractivity (Wildman–Crippen MR) is 79.0 cm³/mol. The molecule has 1 amide bonds. The normalized spacial score (nSPS) is 14.2. The van der Waals surface area contributed by atoms with Crippen molar-refractivity contribution < 1.29 is 4.79 Å². The molecule has 0 saturated carbocycles. The van der Waals surface area contributed by atoms with Gasteiger partial charge in [0.05, 0.1) is 17.8 Å². The molecule has 1 aliphatic heterocycles. The van der Waals surface area contributed by atoms with Crippen LogP contribution in [0.15, 0.2) is 42.7 Å². The molecule has 0 spiro atoms. The van der Waals surface area contributed by atoms with Gasteiger partial charge in [-0.1, -0.05) is 18.2 Å². The Morgan fingerprint density at radius 3 is 2.75 bits per heavy atom. The fraction of sp³-hybridized carbons (Fsp3) is 0.286. The maximum atomic E-state index is 11.7. The molecule has 1 aromatic carbocycles. The first-order valence-corrected chi connectivity index (χ1v) is 6.40. The number of benzene rings is 1. The number of rotatable bonds is 4. The average Bonchev–Trinajstić information content (AvgIpc) is 2.84. The fourth-order valence-corrected chi connectivity index (χ4v) is 1.98. The minimum absolute atomic E-state index is 0. The van der Waals surface area contributed by atoms with Crippen molar-refractivity contribution in [2.24, 2.45) is 5.92 Å². The van der Waals surface area contributed by atoms with E-state index in [1.165, 1.54) is 0 Å². The van der Waals surface area contributed by atoms with E-state index in [2.05, 4.69) is 15.7 Å². The second kappa shape index (κ2) is 6.54. The Hall–Kier alpha value is -1.85. The second-order valence-electron chi connectivity index (χ2n) is 4.70. The lowest BCUT2D eigenvalue weighted by atomic mass is 10.0. The van der Waals surface area contributed by atoms with Crippen LogP contribution in [0.5, 0.6) is 0 Å². The summed E-state index contributed by atoms with van der Waals surface area (Å²) in [6.45, 7) is 2.10. The molecule has 1 aromatic heterocycles. The van der Waals surface area contributed by atoms with Crippen LogP contribution in [0.2, 0.25) is 0 Å². The van der Waals surface area contributed by atoms with Crippen LogP contribution in [0.25, 0.3) is 5.69 Å². The van der Waals surface area contributed by atoms with E-state index >= 15 is 0 Å². The molecule has 1 aliphatic rings. The maximum Gasteiger partial charge on any atom is 0.225 e. The lowest BCUT2D eigenvalue weighted by molar-refractivity contribution is -0.126. The number of aromatic nitrogens is 2. The average molecular weight is 293 g/mol.